The Hall–Kier alpha value is 0.100. The summed E-state index contributed by atoms with van der Waals surface area (Å²) in [7, 11) is 0. The van der Waals surface area contributed by atoms with Crippen LogP contribution in [-0.4, -0.2) is 27.9 Å². The maximum atomic E-state index is 12.1. The number of hydrogen-bond donors (Lipinski definition) is 1. The van der Waals surface area contributed by atoms with Crippen molar-refractivity contribution >= 4 is 11.8 Å². The van der Waals surface area contributed by atoms with Gasteiger partial charge in [0.1, 0.15) is 0 Å². The fourth-order valence-corrected chi connectivity index (χ4v) is 2.41. The molecule has 1 N–H and O–H groups in total. The Bertz CT molecular complexity index is 158. The second kappa shape index (κ2) is 2.55. The first kappa shape index (κ1) is 9.19. The van der Waals surface area contributed by atoms with Gasteiger partial charge in [-0.15, -0.1) is 0 Å². The zero-order valence-electron chi connectivity index (χ0n) is 5.98. The van der Waals surface area contributed by atoms with Crippen molar-refractivity contribution in [2.75, 3.05) is 5.75 Å². The predicted molar refractivity (Wildman–Crippen MR) is 37.5 cm³/mol. The molecule has 0 aliphatic carbocycles. The van der Waals surface area contributed by atoms with E-state index in [9.17, 15) is 13.2 Å². The van der Waals surface area contributed by atoms with E-state index in [1.54, 1.807) is 0 Å². The molecule has 0 bridgehead atoms. The van der Waals surface area contributed by atoms with Crippen LogP contribution in [-0.2, 0) is 0 Å². The van der Waals surface area contributed by atoms with Gasteiger partial charge in [0.05, 0.1) is 0 Å². The minimum absolute atomic E-state index is 0.178. The van der Waals surface area contributed by atoms with Gasteiger partial charge >= 0.3 is 6.18 Å². The van der Waals surface area contributed by atoms with Crippen LogP contribution in [0.2, 0.25) is 0 Å². The third-order valence-corrected chi connectivity index (χ3v) is 3.34. The molecule has 1 saturated heterocycles. The van der Waals surface area contributed by atoms with Crippen molar-refractivity contribution < 1.29 is 18.3 Å². The highest BCUT2D eigenvalue weighted by molar-refractivity contribution is 8.00. The quantitative estimate of drug-likeness (QED) is 0.622. The molecule has 0 radical (unpaired) electrons. The molecular weight excluding hydrogens is 177 g/mol. The van der Waals surface area contributed by atoms with Gasteiger partial charge in [0.2, 0.25) is 0 Å². The molecular formula is C6H9F3OS. The number of thioether (sulfide) groups is 1. The Morgan fingerprint density at radius 3 is 2.27 bits per heavy atom. The molecule has 66 valence electrons. The van der Waals surface area contributed by atoms with Crippen LogP contribution >= 0.6 is 11.8 Å². The summed E-state index contributed by atoms with van der Waals surface area (Å²) in [5, 5.41) is 8.42. The lowest BCUT2D eigenvalue weighted by atomic mass is 9.97. The molecule has 0 aromatic rings. The maximum Gasteiger partial charge on any atom is 0.418 e. The maximum absolute atomic E-state index is 12.1. The molecule has 2 atom stereocenters. The first-order chi connectivity index (χ1) is 4.88. The van der Waals surface area contributed by atoms with Crippen molar-refractivity contribution in [2.45, 2.75) is 30.4 Å². The average molecular weight is 186 g/mol. The molecule has 0 aromatic heterocycles. The Morgan fingerprint density at radius 2 is 2.09 bits per heavy atom. The zero-order chi connectivity index (χ0) is 8.70. The summed E-state index contributed by atoms with van der Waals surface area (Å²) in [5.41, 5.74) is -2.45. The van der Waals surface area contributed by atoms with Crippen LogP contribution in [0.4, 0.5) is 13.2 Å². The van der Waals surface area contributed by atoms with Crippen LogP contribution in [0.1, 0.15) is 13.3 Å². The van der Waals surface area contributed by atoms with Crippen molar-refractivity contribution in [3.8, 4) is 0 Å². The highest BCUT2D eigenvalue weighted by Crippen LogP contribution is 2.45. The average Bonchev–Trinajstić information content (AvgIpc) is 2.12. The molecule has 1 fully saturated rings. The van der Waals surface area contributed by atoms with Crippen LogP contribution < -0.4 is 0 Å². The molecule has 2 unspecified atom stereocenters. The van der Waals surface area contributed by atoms with Crippen LogP contribution in [0, 0.1) is 0 Å². The lowest BCUT2D eigenvalue weighted by molar-refractivity contribution is -0.256. The van der Waals surface area contributed by atoms with E-state index in [4.69, 9.17) is 5.11 Å². The smallest absolute Gasteiger partial charge is 0.379 e. The first-order valence-electron chi connectivity index (χ1n) is 3.28. The summed E-state index contributed by atoms with van der Waals surface area (Å²) < 4.78 is 36.4. The van der Waals surface area contributed by atoms with Crippen molar-refractivity contribution in [1.82, 2.24) is 0 Å². The predicted octanol–water partition coefficient (Wildman–Crippen LogP) is 1.81. The second-order valence-corrected chi connectivity index (χ2v) is 4.13. The summed E-state index contributed by atoms with van der Waals surface area (Å²) in [4.78, 5) is 0. The van der Waals surface area contributed by atoms with Gasteiger partial charge in [-0.25, -0.2) is 0 Å². The normalized spacial score (nSPS) is 39.5. The number of halogens is 3. The van der Waals surface area contributed by atoms with E-state index in [1.807, 2.05) is 0 Å². The summed E-state index contributed by atoms with van der Waals surface area (Å²) in [5.74, 6) is 0.386. The van der Waals surface area contributed by atoms with Gasteiger partial charge in [-0.2, -0.15) is 24.9 Å². The van der Waals surface area contributed by atoms with E-state index in [1.165, 1.54) is 6.92 Å². The highest BCUT2D eigenvalue weighted by atomic mass is 32.2. The van der Waals surface area contributed by atoms with Crippen LogP contribution in [0.15, 0.2) is 0 Å². The molecule has 5 heteroatoms. The largest absolute Gasteiger partial charge is 0.418 e. The molecule has 1 nitrogen and oxygen atoms in total. The molecule has 1 aliphatic rings. The summed E-state index contributed by atoms with van der Waals surface area (Å²) >= 11 is 1.16. The van der Waals surface area contributed by atoms with Crippen molar-refractivity contribution in [2.24, 2.45) is 0 Å². The monoisotopic (exact) mass is 186 g/mol. The molecule has 0 amide bonds. The number of alkyl halides is 3. The van der Waals surface area contributed by atoms with Crippen LogP contribution in [0.5, 0.6) is 0 Å². The highest BCUT2D eigenvalue weighted by Gasteiger charge is 2.59. The third kappa shape index (κ3) is 1.36. The van der Waals surface area contributed by atoms with E-state index in [-0.39, 0.29) is 6.42 Å². The van der Waals surface area contributed by atoms with E-state index in [2.05, 4.69) is 0 Å². The van der Waals surface area contributed by atoms with Gasteiger partial charge in [0.15, 0.2) is 5.60 Å². The molecule has 1 aliphatic heterocycles. The SMILES string of the molecule is CC1SCCC1(O)C(F)(F)F. The van der Waals surface area contributed by atoms with E-state index in [0.717, 1.165) is 11.8 Å². The Morgan fingerprint density at radius 1 is 1.55 bits per heavy atom. The number of aliphatic hydroxyl groups is 1. The molecule has 0 spiro atoms. The Balaban J connectivity index is 2.81. The summed E-state index contributed by atoms with van der Waals surface area (Å²) in [6.07, 6.45) is -4.65. The molecule has 1 heterocycles. The first-order valence-corrected chi connectivity index (χ1v) is 4.33. The van der Waals surface area contributed by atoms with Gasteiger partial charge in [0.25, 0.3) is 0 Å². The summed E-state index contributed by atoms with van der Waals surface area (Å²) in [6.45, 7) is 1.41. The van der Waals surface area contributed by atoms with Crippen molar-refractivity contribution in [3.05, 3.63) is 0 Å². The molecule has 0 aromatic carbocycles. The van der Waals surface area contributed by atoms with Crippen molar-refractivity contribution in [1.29, 1.82) is 0 Å². The molecule has 1 rings (SSSR count). The minimum Gasteiger partial charge on any atom is -0.379 e. The van der Waals surface area contributed by atoms with Gasteiger partial charge in [-0.3, -0.25) is 0 Å². The Labute approximate surface area is 67.0 Å². The second-order valence-electron chi connectivity index (χ2n) is 2.69. The van der Waals surface area contributed by atoms with Gasteiger partial charge in [0, 0.05) is 5.25 Å². The van der Waals surface area contributed by atoms with Gasteiger partial charge in [-0.05, 0) is 12.2 Å². The van der Waals surface area contributed by atoms with E-state index >= 15 is 0 Å². The molecule has 0 saturated carbocycles. The summed E-state index contributed by atoms with van der Waals surface area (Å²) in [6, 6.07) is 0. The van der Waals surface area contributed by atoms with Crippen LogP contribution in [0.3, 0.4) is 0 Å². The minimum atomic E-state index is -4.48. The number of rotatable bonds is 0. The fraction of sp³-hybridized carbons (Fsp3) is 1.00. The Kier molecular flexibility index (Phi) is 2.13. The van der Waals surface area contributed by atoms with Gasteiger partial charge in [-0.1, -0.05) is 6.92 Å². The zero-order valence-corrected chi connectivity index (χ0v) is 6.80. The fourth-order valence-electron chi connectivity index (χ4n) is 1.10. The molecule has 11 heavy (non-hydrogen) atoms. The standard InChI is InChI=1S/C6H9F3OS/c1-4-5(10,2-3-11-4)6(7,8)9/h4,10H,2-3H2,1H3. The van der Waals surface area contributed by atoms with E-state index < -0.39 is 17.0 Å². The third-order valence-electron chi connectivity index (χ3n) is 2.01. The topological polar surface area (TPSA) is 20.2 Å². The van der Waals surface area contributed by atoms with Gasteiger partial charge < -0.3 is 5.11 Å². The lowest BCUT2D eigenvalue weighted by Gasteiger charge is -2.28. The van der Waals surface area contributed by atoms with Crippen molar-refractivity contribution in [3.63, 3.8) is 0 Å². The number of hydrogen-bond acceptors (Lipinski definition) is 2. The lowest BCUT2D eigenvalue weighted by Crippen LogP contribution is -2.49. The van der Waals surface area contributed by atoms with Crippen LogP contribution in [0.25, 0.3) is 0 Å². The van der Waals surface area contributed by atoms with E-state index in [0.29, 0.717) is 5.75 Å².